The first-order chi connectivity index (χ1) is 11.8. The predicted octanol–water partition coefficient (Wildman–Crippen LogP) is 3.22. The first-order valence-corrected chi connectivity index (χ1v) is 8.48. The molecule has 1 amide bonds. The van der Waals surface area contributed by atoms with Crippen molar-refractivity contribution in [2.75, 3.05) is 11.5 Å². The summed E-state index contributed by atoms with van der Waals surface area (Å²) in [6.45, 7) is 4.21. The fourth-order valence-electron chi connectivity index (χ4n) is 2.79. The molecule has 0 radical (unpaired) electrons. The molecular formula is C18H17N5OS. The van der Waals surface area contributed by atoms with Gasteiger partial charge in [-0.15, -0.1) is 11.3 Å². The third-order valence-electron chi connectivity index (χ3n) is 4.11. The van der Waals surface area contributed by atoms with Gasteiger partial charge in [0.25, 0.3) is 5.91 Å². The van der Waals surface area contributed by atoms with Gasteiger partial charge in [-0.05, 0) is 17.0 Å². The van der Waals surface area contributed by atoms with E-state index in [-0.39, 0.29) is 21.9 Å². The van der Waals surface area contributed by atoms with E-state index in [4.69, 9.17) is 17.2 Å². The Morgan fingerprint density at radius 1 is 1.24 bits per heavy atom. The minimum atomic E-state index is -0.626. The molecule has 25 heavy (non-hydrogen) atoms. The number of nitrogens with zero attached hydrogens (tertiary/aromatic N) is 2. The minimum absolute atomic E-state index is 0.107. The number of hydrogen-bond donors (Lipinski definition) is 3. The summed E-state index contributed by atoms with van der Waals surface area (Å²) >= 11 is 1.08. The molecule has 0 aliphatic carbocycles. The minimum Gasteiger partial charge on any atom is -0.397 e. The Morgan fingerprint density at radius 3 is 2.40 bits per heavy atom. The second-order valence-corrected chi connectivity index (χ2v) is 7.02. The Labute approximate surface area is 148 Å². The van der Waals surface area contributed by atoms with Crippen LogP contribution in [-0.4, -0.2) is 10.9 Å². The molecule has 0 bridgehead atoms. The van der Waals surface area contributed by atoms with E-state index in [1.807, 2.05) is 24.3 Å². The van der Waals surface area contributed by atoms with E-state index in [9.17, 15) is 10.1 Å². The van der Waals surface area contributed by atoms with Crippen LogP contribution < -0.4 is 17.2 Å². The van der Waals surface area contributed by atoms with Crippen LogP contribution in [0.2, 0.25) is 0 Å². The lowest BCUT2D eigenvalue weighted by Crippen LogP contribution is -2.10. The number of carbonyl (C=O) groups excluding carboxylic acids is 1. The fraction of sp³-hybridized carbons (Fsp3) is 0.167. The average Bonchev–Trinajstić information content (AvgIpc) is 2.90. The number of thiophene rings is 1. The van der Waals surface area contributed by atoms with Crippen LogP contribution in [0.4, 0.5) is 11.5 Å². The van der Waals surface area contributed by atoms with Crippen LogP contribution in [0.3, 0.4) is 0 Å². The smallest absolute Gasteiger partial charge is 0.260 e. The van der Waals surface area contributed by atoms with Gasteiger partial charge in [-0.1, -0.05) is 38.1 Å². The summed E-state index contributed by atoms with van der Waals surface area (Å²) in [7, 11) is 0. The number of hydrogen-bond acceptors (Lipinski definition) is 6. The molecule has 2 heterocycles. The summed E-state index contributed by atoms with van der Waals surface area (Å²) < 4.78 is 0. The number of anilines is 2. The van der Waals surface area contributed by atoms with E-state index < -0.39 is 5.91 Å². The van der Waals surface area contributed by atoms with E-state index in [1.54, 1.807) is 0 Å². The molecule has 0 aliphatic rings. The van der Waals surface area contributed by atoms with Crippen molar-refractivity contribution in [3.05, 3.63) is 40.3 Å². The summed E-state index contributed by atoms with van der Waals surface area (Å²) in [5, 5.41) is 10.1. The van der Waals surface area contributed by atoms with Crippen molar-refractivity contribution in [1.82, 2.24) is 4.98 Å². The highest BCUT2D eigenvalue weighted by Crippen LogP contribution is 2.42. The molecule has 2 aromatic heterocycles. The molecule has 7 heteroatoms. The molecule has 0 atom stereocenters. The zero-order valence-corrected chi connectivity index (χ0v) is 14.6. The maximum atomic E-state index is 11.6. The summed E-state index contributed by atoms with van der Waals surface area (Å²) in [5.41, 5.74) is 20.5. The lowest BCUT2D eigenvalue weighted by molar-refractivity contribution is 0.100. The number of carbonyl (C=O) groups is 1. The van der Waals surface area contributed by atoms with Crippen molar-refractivity contribution >= 4 is 39.0 Å². The Kier molecular flexibility index (Phi) is 4.07. The highest BCUT2D eigenvalue weighted by atomic mass is 32.1. The van der Waals surface area contributed by atoms with E-state index in [0.717, 1.165) is 16.9 Å². The SMILES string of the molecule is CC(C)c1ccc(-c2c(C#N)c(N)nc3sc(C(N)=O)c(N)c23)cc1. The van der Waals surface area contributed by atoms with Crippen LogP contribution in [0.15, 0.2) is 24.3 Å². The van der Waals surface area contributed by atoms with E-state index >= 15 is 0 Å². The highest BCUT2D eigenvalue weighted by Gasteiger charge is 2.23. The van der Waals surface area contributed by atoms with Gasteiger partial charge in [-0.25, -0.2) is 4.98 Å². The summed E-state index contributed by atoms with van der Waals surface area (Å²) in [5.74, 6) is -0.131. The van der Waals surface area contributed by atoms with Crippen LogP contribution >= 0.6 is 11.3 Å². The van der Waals surface area contributed by atoms with Gasteiger partial charge >= 0.3 is 0 Å². The zero-order chi connectivity index (χ0) is 18.3. The van der Waals surface area contributed by atoms with Gasteiger partial charge in [0.05, 0.1) is 5.69 Å². The number of fused-ring (bicyclic) bond motifs is 1. The topological polar surface area (TPSA) is 132 Å². The average molecular weight is 351 g/mol. The summed E-state index contributed by atoms with van der Waals surface area (Å²) in [4.78, 5) is 16.6. The number of primary amides is 1. The lowest BCUT2D eigenvalue weighted by atomic mass is 9.94. The molecule has 0 fully saturated rings. The Balaban J connectivity index is 2.39. The molecule has 0 saturated carbocycles. The van der Waals surface area contributed by atoms with Gasteiger partial charge in [-0.3, -0.25) is 4.79 Å². The molecule has 3 rings (SSSR count). The number of benzene rings is 1. The summed E-state index contributed by atoms with van der Waals surface area (Å²) in [6, 6.07) is 9.95. The standard InChI is InChI=1S/C18H17N5OS/c1-8(2)9-3-5-10(6-4-9)12-11(7-19)16(21)23-18-13(12)14(20)15(25-18)17(22)24/h3-6,8H,20H2,1-2H3,(H2,21,23)(H2,22,24). The Bertz CT molecular complexity index is 1030. The molecule has 0 unspecified atom stereocenters. The van der Waals surface area contributed by atoms with E-state index in [0.29, 0.717) is 21.7 Å². The Hall–Kier alpha value is -3.11. The van der Waals surface area contributed by atoms with Crippen LogP contribution in [0.25, 0.3) is 21.3 Å². The first kappa shape index (κ1) is 16.7. The largest absolute Gasteiger partial charge is 0.397 e. The quantitative estimate of drug-likeness (QED) is 0.666. The monoisotopic (exact) mass is 351 g/mol. The van der Waals surface area contributed by atoms with Gasteiger partial charge in [-0.2, -0.15) is 5.26 Å². The van der Waals surface area contributed by atoms with Crippen LogP contribution in [0.5, 0.6) is 0 Å². The molecule has 0 saturated heterocycles. The molecule has 1 aromatic carbocycles. The number of rotatable bonds is 3. The van der Waals surface area contributed by atoms with Crippen LogP contribution in [-0.2, 0) is 0 Å². The number of amides is 1. The van der Waals surface area contributed by atoms with Gasteiger partial charge in [0, 0.05) is 10.9 Å². The van der Waals surface area contributed by atoms with E-state index in [2.05, 4.69) is 24.9 Å². The number of pyridine rings is 1. The van der Waals surface area contributed by atoms with Crippen molar-refractivity contribution in [2.45, 2.75) is 19.8 Å². The molecule has 6 nitrogen and oxygen atoms in total. The molecule has 3 aromatic rings. The maximum Gasteiger partial charge on any atom is 0.260 e. The number of nitriles is 1. The van der Waals surface area contributed by atoms with Crippen molar-refractivity contribution in [3.8, 4) is 17.2 Å². The highest BCUT2D eigenvalue weighted by molar-refractivity contribution is 7.21. The molecule has 6 N–H and O–H groups in total. The zero-order valence-electron chi connectivity index (χ0n) is 13.8. The predicted molar refractivity (Wildman–Crippen MR) is 101 cm³/mol. The van der Waals surface area contributed by atoms with Crippen molar-refractivity contribution in [1.29, 1.82) is 5.26 Å². The van der Waals surface area contributed by atoms with Crippen molar-refractivity contribution in [2.24, 2.45) is 5.73 Å². The van der Waals surface area contributed by atoms with Gasteiger partial charge in [0.15, 0.2) is 0 Å². The first-order valence-electron chi connectivity index (χ1n) is 7.66. The van der Waals surface area contributed by atoms with Crippen LogP contribution in [0, 0.1) is 11.3 Å². The third-order valence-corrected chi connectivity index (χ3v) is 5.22. The number of nitrogen functional groups attached to an aromatic ring is 2. The molecular weight excluding hydrogens is 334 g/mol. The third kappa shape index (κ3) is 2.66. The van der Waals surface area contributed by atoms with Gasteiger partial charge in [0.2, 0.25) is 0 Å². The molecule has 126 valence electrons. The number of nitrogens with two attached hydrogens (primary N) is 3. The molecule has 0 aliphatic heterocycles. The second-order valence-electron chi connectivity index (χ2n) is 6.02. The fourth-order valence-corrected chi connectivity index (χ4v) is 3.75. The maximum absolute atomic E-state index is 11.6. The second kappa shape index (κ2) is 6.07. The van der Waals surface area contributed by atoms with Crippen molar-refractivity contribution < 1.29 is 4.79 Å². The number of aromatic nitrogens is 1. The van der Waals surface area contributed by atoms with Crippen molar-refractivity contribution in [3.63, 3.8) is 0 Å². The Morgan fingerprint density at radius 2 is 1.88 bits per heavy atom. The lowest BCUT2D eigenvalue weighted by Gasteiger charge is -2.11. The van der Waals surface area contributed by atoms with Gasteiger partial charge in [0.1, 0.15) is 27.2 Å². The van der Waals surface area contributed by atoms with Crippen LogP contribution in [0.1, 0.15) is 40.6 Å². The van der Waals surface area contributed by atoms with Gasteiger partial charge < -0.3 is 17.2 Å². The normalized spacial score (nSPS) is 11.0. The van der Waals surface area contributed by atoms with E-state index in [1.165, 1.54) is 5.56 Å². The molecule has 0 spiro atoms. The summed E-state index contributed by atoms with van der Waals surface area (Å²) in [6.07, 6.45) is 0.